The van der Waals surface area contributed by atoms with Crippen molar-refractivity contribution < 1.29 is 0 Å². The van der Waals surface area contributed by atoms with Gasteiger partial charge in [-0.1, -0.05) is 0 Å². The van der Waals surface area contributed by atoms with Crippen LogP contribution < -0.4 is 20.8 Å². The van der Waals surface area contributed by atoms with Gasteiger partial charge in [-0.2, -0.15) is 0 Å². The van der Waals surface area contributed by atoms with Crippen LogP contribution in [0.1, 0.15) is 5.56 Å². The van der Waals surface area contributed by atoms with Crippen molar-refractivity contribution in [1.29, 1.82) is 0 Å². The maximum absolute atomic E-state index is 2.51. The molecule has 1 aliphatic heterocycles. The first kappa shape index (κ1) is 24.7. The molecule has 0 bridgehead atoms. The zero-order chi connectivity index (χ0) is 22.5. The number of anilines is 1. The maximum atomic E-state index is 2.51. The number of piperazine rings is 1. The molecule has 0 aliphatic carbocycles. The first-order valence-electron chi connectivity index (χ1n) is 11.9. The third-order valence-corrected chi connectivity index (χ3v) is 12.0. The second-order valence-electron chi connectivity index (χ2n) is 9.14. The standard InChI is InChI=1S/C30H33N2P.BrH/c1-31-21-23-32(24-22-31)27-19-17-26(18-20-27)25-33(28-11-5-2-6-12-28,29-13-7-3-8-14-29)30-15-9-4-10-16-30;/h2-20,33H,21-25H2,1H3;1H. The third-order valence-electron chi connectivity index (χ3n) is 7.07. The van der Waals surface area contributed by atoms with Crippen LogP contribution in [0.2, 0.25) is 0 Å². The van der Waals surface area contributed by atoms with Gasteiger partial charge in [0.25, 0.3) is 0 Å². The van der Waals surface area contributed by atoms with Crippen molar-refractivity contribution in [3.8, 4) is 0 Å². The second-order valence-corrected chi connectivity index (χ2v) is 13.0. The van der Waals surface area contributed by atoms with E-state index in [1.807, 2.05) is 0 Å². The molecule has 5 rings (SSSR count). The van der Waals surface area contributed by atoms with E-state index in [1.54, 1.807) is 0 Å². The molecule has 0 spiro atoms. The fourth-order valence-corrected chi connectivity index (χ4v) is 9.91. The normalized spacial score (nSPS) is 14.9. The molecule has 0 radical (unpaired) electrons. The van der Waals surface area contributed by atoms with E-state index in [2.05, 4.69) is 132 Å². The van der Waals surface area contributed by atoms with E-state index >= 15 is 0 Å². The Morgan fingerprint density at radius 1 is 0.559 bits per heavy atom. The van der Waals surface area contributed by atoms with Gasteiger partial charge in [0, 0.05) is 0 Å². The molecule has 1 aliphatic rings. The number of benzene rings is 4. The molecule has 1 heterocycles. The van der Waals surface area contributed by atoms with Gasteiger partial charge in [-0.3, -0.25) is 0 Å². The van der Waals surface area contributed by atoms with Crippen molar-refractivity contribution in [2.45, 2.75) is 6.16 Å². The fourth-order valence-electron chi connectivity index (χ4n) is 5.17. The van der Waals surface area contributed by atoms with Crippen LogP contribution in [-0.4, -0.2) is 38.1 Å². The van der Waals surface area contributed by atoms with E-state index < -0.39 is 7.26 Å². The summed E-state index contributed by atoms with van der Waals surface area (Å²) in [4.78, 5) is 4.92. The Kier molecular flexibility index (Phi) is 8.21. The van der Waals surface area contributed by atoms with Crippen molar-refractivity contribution in [3.05, 3.63) is 121 Å². The monoisotopic (exact) mass is 532 g/mol. The summed E-state index contributed by atoms with van der Waals surface area (Å²) in [6.45, 7) is 4.47. The van der Waals surface area contributed by atoms with Gasteiger partial charge in [-0.25, -0.2) is 0 Å². The Morgan fingerprint density at radius 2 is 0.971 bits per heavy atom. The quantitative estimate of drug-likeness (QED) is 0.313. The average Bonchev–Trinajstić information content (AvgIpc) is 2.90. The molecule has 176 valence electrons. The van der Waals surface area contributed by atoms with E-state index in [1.165, 1.54) is 27.2 Å². The van der Waals surface area contributed by atoms with Crippen LogP contribution in [0.5, 0.6) is 0 Å². The number of hydrogen-bond acceptors (Lipinski definition) is 2. The zero-order valence-electron chi connectivity index (χ0n) is 19.8. The Bertz CT molecular complexity index is 1050. The molecule has 1 saturated heterocycles. The Labute approximate surface area is 215 Å². The number of halogens is 1. The van der Waals surface area contributed by atoms with Crippen LogP contribution in [0.15, 0.2) is 115 Å². The van der Waals surface area contributed by atoms with Crippen molar-refractivity contribution in [2.75, 3.05) is 38.1 Å². The molecule has 34 heavy (non-hydrogen) atoms. The average molecular weight is 533 g/mol. The molecule has 1 fully saturated rings. The Balaban J connectivity index is 0.00000274. The summed E-state index contributed by atoms with van der Waals surface area (Å²) < 4.78 is 0. The van der Waals surface area contributed by atoms with Gasteiger partial charge >= 0.3 is 199 Å². The third kappa shape index (κ3) is 5.13. The SMILES string of the molecule is Br.CN1CCN(c2ccc(C[PH](c3ccccc3)(c3ccccc3)c3ccccc3)cc2)CC1. The van der Waals surface area contributed by atoms with Gasteiger partial charge in [0.15, 0.2) is 0 Å². The predicted octanol–water partition coefficient (Wildman–Crippen LogP) is 5.24. The first-order chi connectivity index (χ1) is 16.3. The van der Waals surface area contributed by atoms with Crippen molar-refractivity contribution in [1.82, 2.24) is 4.90 Å². The minimum atomic E-state index is -2.25. The Hall–Kier alpha value is -2.45. The van der Waals surface area contributed by atoms with Crippen molar-refractivity contribution >= 4 is 45.8 Å². The molecular weight excluding hydrogens is 499 g/mol. The van der Waals surface area contributed by atoms with Crippen molar-refractivity contribution in [2.24, 2.45) is 0 Å². The van der Waals surface area contributed by atoms with Gasteiger partial charge in [-0.05, 0) is 0 Å². The molecule has 4 heteroatoms. The van der Waals surface area contributed by atoms with Crippen LogP contribution in [-0.2, 0) is 6.16 Å². The van der Waals surface area contributed by atoms with E-state index in [9.17, 15) is 0 Å². The van der Waals surface area contributed by atoms with Gasteiger partial charge in [0.1, 0.15) is 0 Å². The van der Waals surface area contributed by atoms with Crippen LogP contribution in [0.25, 0.3) is 0 Å². The van der Waals surface area contributed by atoms with Gasteiger partial charge in [0.2, 0.25) is 0 Å². The molecule has 4 aromatic carbocycles. The summed E-state index contributed by atoms with van der Waals surface area (Å²) in [5.41, 5.74) is 2.76. The van der Waals surface area contributed by atoms with Crippen LogP contribution in [0, 0.1) is 0 Å². The van der Waals surface area contributed by atoms with E-state index in [4.69, 9.17) is 0 Å². The van der Waals surface area contributed by atoms with Crippen LogP contribution in [0.4, 0.5) is 5.69 Å². The van der Waals surface area contributed by atoms with E-state index in [0.29, 0.717) is 0 Å². The summed E-state index contributed by atoms with van der Waals surface area (Å²) >= 11 is 0. The van der Waals surface area contributed by atoms with Crippen molar-refractivity contribution in [3.63, 3.8) is 0 Å². The minimum absolute atomic E-state index is 0. The van der Waals surface area contributed by atoms with Gasteiger partial charge in [0.05, 0.1) is 0 Å². The molecule has 0 aromatic heterocycles. The first-order valence-corrected chi connectivity index (χ1v) is 14.2. The molecule has 0 N–H and O–H groups in total. The van der Waals surface area contributed by atoms with E-state index in [-0.39, 0.29) is 17.0 Å². The van der Waals surface area contributed by atoms with E-state index in [0.717, 1.165) is 32.3 Å². The summed E-state index contributed by atoms with van der Waals surface area (Å²) in [5, 5.41) is 4.39. The zero-order valence-corrected chi connectivity index (χ0v) is 22.5. The molecule has 0 atom stereocenters. The number of likely N-dealkylation sites (N-methyl/N-ethyl adjacent to an activating group) is 1. The topological polar surface area (TPSA) is 6.48 Å². The number of nitrogens with zero attached hydrogens (tertiary/aromatic N) is 2. The summed E-state index contributed by atoms with van der Waals surface area (Å²) in [5.74, 6) is 0. The molecule has 0 amide bonds. The van der Waals surface area contributed by atoms with Crippen LogP contribution in [0.3, 0.4) is 0 Å². The fraction of sp³-hybridized carbons (Fsp3) is 0.200. The molecular formula is C30H34BrN2P. The second kappa shape index (κ2) is 11.3. The summed E-state index contributed by atoms with van der Waals surface area (Å²) in [6, 6.07) is 43.0. The molecule has 2 nitrogen and oxygen atoms in total. The Morgan fingerprint density at radius 3 is 1.38 bits per heavy atom. The summed E-state index contributed by atoms with van der Waals surface area (Å²) in [6.07, 6.45) is 1.05. The molecule has 0 unspecified atom stereocenters. The summed E-state index contributed by atoms with van der Waals surface area (Å²) in [7, 11) is -0.0412. The van der Waals surface area contributed by atoms with Gasteiger partial charge < -0.3 is 0 Å². The number of rotatable bonds is 6. The van der Waals surface area contributed by atoms with Gasteiger partial charge in [-0.15, -0.1) is 17.0 Å². The molecule has 4 aromatic rings. The molecule has 0 saturated carbocycles. The van der Waals surface area contributed by atoms with Crippen LogP contribution >= 0.6 is 24.2 Å². The number of hydrogen-bond donors (Lipinski definition) is 0. The predicted molar refractivity (Wildman–Crippen MR) is 157 cm³/mol.